The van der Waals surface area contributed by atoms with E-state index >= 15 is 0 Å². The molecule has 1 heterocycles. The zero-order chi connectivity index (χ0) is 10.5. The SMILES string of the molecule is N#C[C@@H]1CNCCN1Cc1ccccc1. The third kappa shape index (κ3) is 2.56. The highest BCUT2D eigenvalue weighted by Gasteiger charge is 2.21. The van der Waals surface area contributed by atoms with Gasteiger partial charge in [-0.2, -0.15) is 5.26 Å². The van der Waals surface area contributed by atoms with Gasteiger partial charge in [0, 0.05) is 26.2 Å². The maximum atomic E-state index is 9.01. The number of hydrogen-bond donors (Lipinski definition) is 1. The largest absolute Gasteiger partial charge is 0.313 e. The maximum absolute atomic E-state index is 9.01. The Morgan fingerprint density at radius 3 is 2.93 bits per heavy atom. The van der Waals surface area contributed by atoms with Crippen LogP contribution in [0.2, 0.25) is 0 Å². The predicted molar refractivity (Wildman–Crippen MR) is 59.1 cm³/mol. The molecule has 0 aromatic heterocycles. The first-order valence-electron chi connectivity index (χ1n) is 5.28. The summed E-state index contributed by atoms with van der Waals surface area (Å²) in [4.78, 5) is 2.23. The normalized spacial score (nSPS) is 22.2. The van der Waals surface area contributed by atoms with Gasteiger partial charge in [0.25, 0.3) is 0 Å². The summed E-state index contributed by atoms with van der Waals surface area (Å²) in [5.74, 6) is 0. The molecule has 1 atom stereocenters. The van der Waals surface area contributed by atoms with Crippen molar-refractivity contribution in [1.82, 2.24) is 10.2 Å². The summed E-state index contributed by atoms with van der Waals surface area (Å²) in [6.07, 6.45) is 0. The lowest BCUT2D eigenvalue weighted by atomic mass is 10.1. The Bertz CT molecular complexity index is 342. The zero-order valence-corrected chi connectivity index (χ0v) is 8.69. The van der Waals surface area contributed by atoms with Crippen LogP contribution in [-0.4, -0.2) is 30.6 Å². The number of rotatable bonds is 2. The van der Waals surface area contributed by atoms with E-state index in [0.29, 0.717) is 0 Å². The average molecular weight is 201 g/mol. The highest BCUT2D eigenvalue weighted by Crippen LogP contribution is 2.09. The molecule has 15 heavy (non-hydrogen) atoms. The fourth-order valence-corrected chi connectivity index (χ4v) is 1.88. The van der Waals surface area contributed by atoms with Crippen LogP contribution in [-0.2, 0) is 6.54 Å². The van der Waals surface area contributed by atoms with Crippen molar-refractivity contribution < 1.29 is 0 Å². The van der Waals surface area contributed by atoms with Crippen LogP contribution in [0.1, 0.15) is 5.56 Å². The van der Waals surface area contributed by atoms with Crippen LogP contribution in [0.25, 0.3) is 0 Å². The molecule has 3 nitrogen and oxygen atoms in total. The highest BCUT2D eigenvalue weighted by atomic mass is 15.2. The molecular formula is C12H15N3. The summed E-state index contributed by atoms with van der Waals surface area (Å²) in [5, 5.41) is 12.2. The van der Waals surface area contributed by atoms with Gasteiger partial charge in [-0.15, -0.1) is 0 Å². The minimum Gasteiger partial charge on any atom is -0.313 e. The van der Waals surface area contributed by atoms with Crippen LogP contribution in [0.5, 0.6) is 0 Å². The average Bonchev–Trinajstić information content (AvgIpc) is 2.31. The Morgan fingerprint density at radius 1 is 1.40 bits per heavy atom. The molecule has 1 N–H and O–H groups in total. The molecule has 1 fully saturated rings. The van der Waals surface area contributed by atoms with Gasteiger partial charge >= 0.3 is 0 Å². The van der Waals surface area contributed by atoms with Gasteiger partial charge < -0.3 is 5.32 Å². The summed E-state index contributed by atoms with van der Waals surface area (Å²) >= 11 is 0. The van der Waals surface area contributed by atoms with E-state index in [4.69, 9.17) is 5.26 Å². The molecule has 1 aromatic rings. The predicted octanol–water partition coefficient (Wildman–Crippen LogP) is 0.984. The molecule has 0 amide bonds. The molecule has 1 aliphatic rings. The molecule has 0 spiro atoms. The minimum absolute atomic E-state index is 0.0129. The third-order valence-corrected chi connectivity index (χ3v) is 2.73. The molecule has 78 valence electrons. The first-order chi connectivity index (χ1) is 7.40. The second-order valence-electron chi connectivity index (χ2n) is 3.81. The fourth-order valence-electron chi connectivity index (χ4n) is 1.88. The lowest BCUT2D eigenvalue weighted by molar-refractivity contribution is 0.189. The first kappa shape index (κ1) is 10.2. The van der Waals surface area contributed by atoms with Crippen molar-refractivity contribution in [1.29, 1.82) is 5.26 Å². The van der Waals surface area contributed by atoms with Crippen molar-refractivity contribution in [3.63, 3.8) is 0 Å². The zero-order valence-electron chi connectivity index (χ0n) is 8.69. The number of nitriles is 1. The highest BCUT2D eigenvalue weighted by molar-refractivity contribution is 5.15. The van der Waals surface area contributed by atoms with E-state index in [1.54, 1.807) is 0 Å². The Balaban J connectivity index is 2.01. The van der Waals surface area contributed by atoms with Crippen LogP contribution in [0.15, 0.2) is 30.3 Å². The lowest BCUT2D eigenvalue weighted by Crippen LogP contribution is -2.49. The van der Waals surface area contributed by atoms with Gasteiger partial charge in [0.1, 0.15) is 6.04 Å². The van der Waals surface area contributed by atoms with Gasteiger partial charge in [-0.05, 0) is 5.56 Å². The van der Waals surface area contributed by atoms with Gasteiger partial charge in [-0.25, -0.2) is 0 Å². The summed E-state index contributed by atoms with van der Waals surface area (Å²) in [7, 11) is 0. The molecule has 1 saturated heterocycles. The van der Waals surface area contributed by atoms with Gasteiger partial charge in [0.05, 0.1) is 6.07 Å². The second kappa shape index (κ2) is 4.92. The maximum Gasteiger partial charge on any atom is 0.111 e. The van der Waals surface area contributed by atoms with Gasteiger partial charge in [-0.3, -0.25) is 4.90 Å². The van der Waals surface area contributed by atoms with E-state index in [1.807, 2.05) is 18.2 Å². The monoisotopic (exact) mass is 201 g/mol. The molecule has 3 heteroatoms. The Labute approximate surface area is 90.3 Å². The van der Waals surface area contributed by atoms with E-state index in [2.05, 4.69) is 28.4 Å². The summed E-state index contributed by atoms with van der Waals surface area (Å²) in [5.41, 5.74) is 1.28. The van der Waals surface area contributed by atoms with Crippen LogP contribution in [0, 0.1) is 11.3 Å². The Morgan fingerprint density at radius 2 is 2.20 bits per heavy atom. The van der Waals surface area contributed by atoms with Crippen molar-refractivity contribution in [3.8, 4) is 6.07 Å². The smallest absolute Gasteiger partial charge is 0.111 e. The summed E-state index contributed by atoms with van der Waals surface area (Å²) in [6.45, 7) is 3.59. The molecule has 0 saturated carbocycles. The number of hydrogen-bond acceptors (Lipinski definition) is 3. The molecule has 0 aliphatic carbocycles. The molecule has 1 aliphatic heterocycles. The van der Waals surface area contributed by atoms with Crippen molar-refractivity contribution in [3.05, 3.63) is 35.9 Å². The topological polar surface area (TPSA) is 39.1 Å². The quantitative estimate of drug-likeness (QED) is 0.775. The third-order valence-electron chi connectivity index (χ3n) is 2.73. The lowest BCUT2D eigenvalue weighted by Gasteiger charge is -2.31. The first-order valence-corrected chi connectivity index (χ1v) is 5.28. The molecule has 0 bridgehead atoms. The van der Waals surface area contributed by atoms with E-state index in [1.165, 1.54) is 5.56 Å². The number of nitrogens with zero attached hydrogens (tertiary/aromatic N) is 2. The molecule has 1 aromatic carbocycles. The van der Waals surface area contributed by atoms with Crippen LogP contribution in [0.3, 0.4) is 0 Å². The molecule has 0 radical (unpaired) electrons. The van der Waals surface area contributed by atoms with Crippen molar-refractivity contribution in [2.75, 3.05) is 19.6 Å². The minimum atomic E-state index is 0.0129. The number of nitrogens with one attached hydrogen (secondary N) is 1. The Kier molecular flexibility index (Phi) is 3.33. The van der Waals surface area contributed by atoms with Gasteiger partial charge in [0.2, 0.25) is 0 Å². The van der Waals surface area contributed by atoms with E-state index in [9.17, 15) is 0 Å². The number of piperazine rings is 1. The Hall–Kier alpha value is -1.37. The fraction of sp³-hybridized carbons (Fsp3) is 0.417. The van der Waals surface area contributed by atoms with Crippen molar-refractivity contribution in [2.24, 2.45) is 0 Å². The van der Waals surface area contributed by atoms with Crippen LogP contribution >= 0.6 is 0 Å². The molecule has 2 rings (SSSR count). The molecular weight excluding hydrogens is 186 g/mol. The standard InChI is InChI=1S/C12H15N3/c13-8-12-9-14-6-7-15(12)10-11-4-2-1-3-5-11/h1-5,12,14H,6-7,9-10H2/t12-/m1/s1. The second-order valence-corrected chi connectivity index (χ2v) is 3.81. The van der Waals surface area contributed by atoms with Gasteiger partial charge in [-0.1, -0.05) is 30.3 Å². The van der Waals surface area contributed by atoms with Crippen molar-refractivity contribution >= 4 is 0 Å². The van der Waals surface area contributed by atoms with E-state index in [0.717, 1.165) is 26.2 Å². The van der Waals surface area contributed by atoms with Crippen molar-refractivity contribution in [2.45, 2.75) is 12.6 Å². The summed E-state index contributed by atoms with van der Waals surface area (Å²) < 4.78 is 0. The molecule has 0 unspecified atom stereocenters. The summed E-state index contributed by atoms with van der Waals surface area (Å²) in [6, 6.07) is 12.7. The van der Waals surface area contributed by atoms with E-state index in [-0.39, 0.29) is 6.04 Å². The van der Waals surface area contributed by atoms with Crippen LogP contribution < -0.4 is 5.32 Å². The van der Waals surface area contributed by atoms with Gasteiger partial charge in [0.15, 0.2) is 0 Å². The van der Waals surface area contributed by atoms with E-state index < -0.39 is 0 Å². The van der Waals surface area contributed by atoms with Crippen LogP contribution in [0.4, 0.5) is 0 Å². The number of benzene rings is 1.